The van der Waals surface area contributed by atoms with Crippen molar-refractivity contribution in [3.63, 3.8) is 0 Å². The molecule has 0 amide bonds. The van der Waals surface area contributed by atoms with E-state index in [4.69, 9.17) is 9.47 Å². The molecule has 5 rings (SSSR count). The summed E-state index contributed by atoms with van der Waals surface area (Å²) in [5, 5.41) is 0.619. The maximum absolute atomic E-state index is 12.8. The average molecular weight is 428 g/mol. The predicted octanol–water partition coefficient (Wildman–Crippen LogP) is 2.43. The van der Waals surface area contributed by atoms with Crippen molar-refractivity contribution >= 4 is 21.6 Å². The molecular weight excluding hydrogens is 402 g/mol. The second-order valence-electron chi connectivity index (χ2n) is 8.09. The number of benzene rings is 1. The molecule has 30 heavy (non-hydrogen) atoms. The number of hydrogen-bond donors (Lipinski definition) is 1. The molecule has 2 aliphatic rings. The van der Waals surface area contributed by atoms with E-state index in [0.29, 0.717) is 40.2 Å². The normalized spacial score (nSPS) is 20.9. The Balaban J connectivity index is 1.35. The van der Waals surface area contributed by atoms with E-state index in [9.17, 15) is 9.59 Å². The molecule has 7 nitrogen and oxygen atoms in total. The molecule has 3 heterocycles. The van der Waals surface area contributed by atoms with Crippen molar-refractivity contribution in [2.45, 2.75) is 25.3 Å². The molecule has 1 aliphatic heterocycles. The van der Waals surface area contributed by atoms with Crippen LogP contribution in [0.15, 0.2) is 33.9 Å². The summed E-state index contributed by atoms with van der Waals surface area (Å²) < 4.78 is 12.6. The molecule has 8 heteroatoms. The van der Waals surface area contributed by atoms with E-state index >= 15 is 0 Å². The monoisotopic (exact) mass is 427 g/mol. The number of likely N-dealkylation sites (tertiary alicyclic amines) is 1. The molecule has 1 N–H and O–H groups in total. The minimum absolute atomic E-state index is 0.242. The van der Waals surface area contributed by atoms with Crippen molar-refractivity contribution in [3.05, 3.63) is 56.2 Å². The van der Waals surface area contributed by atoms with Crippen molar-refractivity contribution in [1.29, 1.82) is 0 Å². The summed E-state index contributed by atoms with van der Waals surface area (Å²) in [4.78, 5) is 30.5. The largest absolute Gasteiger partial charge is 0.496 e. The highest BCUT2D eigenvalue weighted by Gasteiger charge is 2.38. The smallest absolute Gasteiger partial charge is 0.328 e. The highest BCUT2D eigenvalue weighted by Crippen LogP contribution is 2.43. The van der Waals surface area contributed by atoms with Crippen LogP contribution in [0.5, 0.6) is 10.8 Å². The van der Waals surface area contributed by atoms with Gasteiger partial charge < -0.3 is 19.4 Å². The minimum atomic E-state index is -0.361. The van der Waals surface area contributed by atoms with Crippen LogP contribution in [0.1, 0.15) is 23.5 Å². The zero-order chi connectivity index (χ0) is 20.8. The fraction of sp³-hybridized carbons (Fsp3) is 0.455. The van der Waals surface area contributed by atoms with E-state index in [-0.39, 0.29) is 11.2 Å². The molecule has 0 unspecified atom stereocenters. The fourth-order valence-corrected chi connectivity index (χ4v) is 5.95. The van der Waals surface area contributed by atoms with E-state index in [2.05, 4.69) is 22.0 Å². The molecule has 1 aromatic carbocycles. The van der Waals surface area contributed by atoms with Crippen LogP contribution in [0.25, 0.3) is 10.2 Å². The molecule has 1 aliphatic carbocycles. The summed E-state index contributed by atoms with van der Waals surface area (Å²) in [6.45, 7) is 3.02. The summed E-state index contributed by atoms with van der Waals surface area (Å²) in [6.07, 6.45) is 2.19. The molecule has 0 saturated carbocycles. The summed E-state index contributed by atoms with van der Waals surface area (Å²) in [5.74, 6) is 2.09. The van der Waals surface area contributed by atoms with E-state index in [1.165, 1.54) is 27.0 Å². The average Bonchev–Trinajstić information content (AvgIpc) is 3.36. The Labute approximate surface area is 177 Å². The molecule has 158 valence electrons. The maximum atomic E-state index is 12.8. The number of aromatic amines is 1. The first-order valence-electron chi connectivity index (χ1n) is 10.3. The van der Waals surface area contributed by atoms with Gasteiger partial charge in [0.2, 0.25) is 0 Å². The van der Waals surface area contributed by atoms with Gasteiger partial charge in [-0.05, 0) is 36.0 Å². The Bertz CT molecular complexity index is 1210. The van der Waals surface area contributed by atoms with Crippen molar-refractivity contribution < 1.29 is 9.47 Å². The number of ether oxygens (including phenoxy) is 2. The van der Waals surface area contributed by atoms with Gasteiger partial charge in [0, 0.05) is 38.2 Å². The molecular formula is C22H25N3O4S. The van der Waals surface area contributed by atoms with Gasteiger partial charge in [-0.1, -0.05) is 23.5 Å². The first kappa shape index (κ1) is 19.4. The second-order valence-corrected chi connectivity index (χ2v) is 9.11. The minimum Gasteiger partial charge on any atom is -0.496 e. The molecule has 0 radical (unpaired) electrons. The number of H-pyrrole nitrogens is 1. The predicted molar refractivity (Wildman–Crippen MR) is 117 cm³/mol. The first-order chi connectivity index (χ1) is 14.6. The highest BCUT2D eigenvalue weighted by molar-refractivity contribution is 7.20. The van der Waals surface area contributed by atoms with Gasteiger partial charge >= 0.3 is 5.69 Å². The van der Waals surface area contributed by atoms with Crippen LogP contribution < -0.4 is 20.7 Å². The Morgan fingerprint density at radius 1 is 1.17 bits per heavy atom. The van der Waals surface area contributed by atoms with E-state index < -0.39 is 0 Å². The van der Waals surface area contributed by atoms with Gasteiger partial charge in [0.05, 0.1) is 19.7 Å². The van der Waals surface area contributed by atoms with E-state index in [0.717, 1.165) is 31.7 Å². The van der Waals surface area contributed by atoms with Gasteiger partial charge in [-0.3, -0.25) is 9.36 Å². The third-order valence-electron chi connectivity index (χ3n) is 6.55. The molecule has 0 bridgehead atoms. The molecule has 0 spiro atoms. The van der Waals surface area contributed by atoms with E-state index in [1.54, 1.807) is 20.3 Å². The van der Waals surface area contributed by atoms with Crippen LogP contribution in [0.2, 0.25) is 0 Å². The van der Waals surface area contributed by atoms with Gasteiger partial charge in [-0.15, -0.1) is 0 Å². The summed E-state index contributed by atoms with van der Waals surface area (Å²) in [6, 6.07) is 8.04. The summed E-state index contributed by atoms with van der Waals surface area (Å²) >= 11 is 1.27. The lowest BCUT2D eigenvalue weighted by atomic mass is 9.77. The quantitative estimate of drug-likeness (QED) is 0.677. The third kappa shape index (κ3) is 3.15. The van der Waals surface area contributed by atoms with Crippen LogP contribution >= 0.6 is 11.3 Å². The Morgan fingerprint density at radius 3 is 2.83 bits per heavy atom. The summed E-state index contributed by atoms with van der Waals surface area (Å²) in [5.41, 5.74) is 2.68. The Kier molecular flexibility index (Phi) is 4.91. The topological polar surface area (TPSA) is 76.6 Å². The number of hydrogen-bond acceptors (Lipinski definition) is 6. The van der Waals surface area contributed by atoms with Gasteiger partial charge in [0.25, 0.3) is 5.56 Å². The Morgan fingerprint density at radius 2 is 2.03 bits per heavy atom. The van der Waals surface area contributed by atoms with Crippen molar-refractivity contribution in [2.75, 3.05) is 33.9 Å². The SMILES string of the molecule is COc1cc2[nH]c(=O)n(CCN3C[C@@H]4CCc5c(OC)cccc5[C@@H]4C3)c(=O)c2s1. The fourth-order valence-electron chi connectivity index (χ4n) is 5.07. The van der Waals surface area contributed by atoms with Crippen molar-refractivity contribution in [3.8, 4) is 10.8 Å². The zero-order valence-corrected chi connectivity index (χ0v) is 18.0. The molecule has 2 atom stereocenters. The van der Waals surface area contributed by atoms with Crippen LogP contribution in [0.4, 0.5) is 0 Å². The van der Waals surface area contributed by atoms with Crippen molar-refractivity contribution in [1.82, 2.24) is 14.5 Å². The summed E-state index contributed by atoms with van der Waals surface area (Å²) in [7, 11) is 3.29. The van der Waals surface area contributed by atoms with Gasteiger partial charge in [-0.25, -0.2) is 4.79 Å². The number of rotatable bonds is 5. The number of methoxy groups -OCH3 is 2. The lowest BCUT2D eigenvalue weighted by molar-refractivity contribution is 0.303. The van der Waals surface area contributed by atoms with Gasteiger partial charge in [0.1, 0.15) is 10.4 Å². The van der Waals surface area contributed by atoms with Gasteiger partial charge in [0.15, 0.2) is 5.06 Å². The van der Waals surface area contributed by atoms with Crippen LogP contribution in [0.3, 0.4) is 0 Å². The number of aromatic nitrogens is 2. The second kappa shape index (κ2) is 7.59. The molecule has 2 aromatic heterocycles. The van der Waals surface area contributed by atoms with Crippen molar-refractivity contribution in [2.24, 2.45) is 5.92 Å². The van der Waals surface area contributed by atoms with Crippen LogP contribution in [-0.4, -0.2) is 48.3 Å². The van der Waals surface area contributed by atoms with Crippen LogP contribution in [-0.2, 0) is 13.0 Å². The highest BCUT2D eigenvalue weighted by atomic mass is 32.1. The molecule has 1 fully saturated rings. The number of fused-ring (bicyclic) bond motifs is 4. The zero-order valence-electron chi connectivity index (χ0n) is 17.1. The van der Waals surface area contributed by atoms with Gasteiger partial charge in [-0.2, -0.15) is 0 Å². The maximum Gasteiger partial charge on any atom is 0.328 e. The van der Waals surface area contributed by atoms with E-state index in [1.807, 2.05) is 6.07 Å². The standard InChI is InChI=1S/C22H25N3O4S/c1-28-18-5-3-4-14-15(18)7-6-13-11-24(12-16(13)14)8-9-25-21(26)20-17(23-22(25)27)10-19(29-2)30-20/h3-5,10,13,16H,6-9,11-12H2,1-2H3,(H,23,27)/t13-,16+/m0/s1. The third-order valence-corrected chi connectivity index (χ3v) is 7.63. The first-order valence-corrected chi connectivity index (χ1v) is 11.1. The number of thiophene rings is 1. The lowest BCUT2D eigenvalue weighted by Crippen LogP contribution is -2.38. The molecule has 1 saturated heterocycles. The van der Waals surface area contributed by atoms with Crippen LogP contribution in [0, 0.1) is 5.92 Å². The number of nitrogens with zero attached hydrogens (tertiary/aromatic N) is 2. The molecule has 3 aromatic rings. The lowest BCUT2D eigenvalue weighted by Gasteiger charge is -2.28. The Hall–Kier alpha value is -2.58. The number of nitrogens with one attached hydrogen (secondary N) is 1.